The number of nitrogens with one attached hydrogen (secondary N) is 2. The number of hydrogen-bond acceptors (Lipinski definition) is 5. The Labute approximate surface area is 119 Å². The van der Waals surface area contributed by atoms with Gasteiger partial charge in [0.1, 0.15) is 0 Å². The summed E-state index contributed by atoms with van der Waals surface area (Å²) < 4.78 is 32.4. The third-order valence-electron chi connectivity index (χ3n) is 1.81. The molecule has 7 nitrogen and oxygen atoms in total. The SMILES string of the molecule is CC(C)OC(=O)NS(=O)(=O)Nc1ccc(Br)c(N)c1. The van der Waals surface area contributed by atoms with Gasteiger partial charge in [0.15, 0.2) is 0 Å². The molecule has 0 unspecified atom stereocenters. The van der Waals surface area contributed by atoms with Crippen LogP contribution in [0.15, 0.2) is 22.7 Å². The van der Waals surface area contributed by atoms with E-state index in [0.29, 0.717) is 10.2 Å². The average Bonchev–Trinajstić information content (AvgIpc) is 2.20. The van der Waals surface area contributed by atoms with Crippen LogP contribution < -0.4 is 15.2 Å². The van der Waals surface area contributed by atoms with Crippen molar-refractivity contribution < 1.29 is 17.9 Å². The van der Waals surface area contributed by atoms with Crippen molar-refractivity contribution in [3.05, 3.63) is 22.7 Å². The molecule has 0 aliphatic carbocycles. The maximum Gasteiger partial charge on any atom is 0.422 e. The highest BCUT2D eigenvalue weighted by atomic mass is 79.9. The zero-order valence-electron chi connectivity index (χ0n) is 10.3. The van der Waals surface area contributed by atoms with Crippen LogP contribution >= 0.6 is 15.9 Å². The highest BCUT2D eigenvalue weighted by Crippen LogP contribution is 2.23. The standard InChI is InChI=1S/C10H14BrN3O4S/c1-6(2)18-10(15)14-19(16,17)13-7-3-4-8(11)9(12)5-7/h3-6,13H,12H2,1-2H3,(H,14,15). The average molecular weight is 352 g/mol. The van der Waals surface area contributed by atoms with Gasteiger partial charge in [-0.1, -0.05) is 0 Å². The number of ether oxygens (including phenoxy) is 1. The number of carbonyl (C=O) groups excluding carboxylic acids is 1. The summed E-state index contributed by atoms with van der Waals surface area (Å²) in [5, 5.41) is 0. The van der Waals surface area contributed by atoms with Gasteiger partial charge in [0, 0.05) is 10.2 Å². The number of hydrogen-bond donors (Lipinski definition) is 3. The summed E-state index contributed by atoms with van der Waals surface area (Å²) in [5.74, 6) is 0. The van der Waals surface area contributed by atoms with Crippen molar-refractivity contribution in [2.75, 3.05) is 10.5 Å². The van der Waals surface area contributed by atoms with Crippen LogP contribution in [0.2, 0.25) is 0 Å². The van der Waals surface area contributed by atoms with Crippen LogP contribution in [0.3, 0.4) is 0 Å². The Hall–Kier alpha value is -1.48. The second-order valence-corrected chi connectivity index (χ2v) is 6.17. The van der Waals surface area contributed by atoms with Gasteiger partial charge in [-0.3, -0.25) is 4.72 Å². The van der Waals surface area contributed by atoms with Gasteiger partial charge in [-0.25, -0.2) is 9.52 Å². The van der Waals surface area contributed by atoms with Crippen molar-refractivity contribution in [3.8, 4) is 0 Å². The Morgan fingerprint density at radius 3 is 2.58 bits per heavy atom. The number of rotatable bonds is 4. The van der Waals surface area contributed by atoms with E-state index in [1.807, 2.05) is 0 Å². The molecule has 0 fully saturated rings. The Kier molecular flexibility index (Phi) is 5.01. The van der Waals surface area contributed by atoms with Crippen molar-refractivity contribution in [2.24, 2.45) is 0 Å². The largest absolute Gasteiger partial charge is 0.446 e. The van der Waals surface area contributed by atoms with Crippen LogP contribution in [0, 0.1) is 0 Å². The molecule has 0 atom stereocenters. The second kappa shape index (κ2) is 6.11. The van der Waals surface area contributed by atoms with Gasteiger partial charge in [0.25, 0.3) is 0 Å². The topological polar surface area (TPSA) is 111 Å². The predicted octanol–water partition coefficient (Wildman–Crippen LogP) is 1.82. The molecule has 1 rings (SSSR count). The minimum Gasteiger partial charge on any atom is -0.446 e. The van der Waals surface area contributed by atoms with E-state index in [1.165, 1.54) is 12.1 Å². The van der Waals surface area contributed by atoms with E-state index in [-0.39, 0.29) is 5.69 Å². The van der Waals surface area contributed by atoms with Gasteiger partial charge in [-0.05, 0) is 48.0 Å². The normalized spacial score (nSPS) is 11.2. The molecule has 0 heterocycles. The first-order valence-electron chi connectivity index (χ1n) is 5.26. The number of halogens is 1. The Balaban J connectivity index is 2.74. The highest BCUT2D eigenvalue weighted by molar-refractivity contribution is 9.10. The quantitative estimate of drug-likeness (QED) is 0.716. The van der Waals surface area contributed by atoms with Crippen molar-refractivity contribution in [3.63, 3.8) is 0 Å². The number of benzene rings is 1. The van der Waals surface area contributed by atoms with E-state index in [9.17, 15) is 13.2 Å². The summed E-state index contributed by atoms with van der Waals surface area (Å²) in [6, 6.07) is 4.49. The molecule has 9 heteroatoms. The van der Waals surface area contributed by atoms with Crippen LogP contribution in [-0.2, 0) is 14.9 Å². The molecule has 1 aromatic carbocycles. The van der Waals surface area contributed by atoms with Gasteiger partial charge >= 0.3 is 16.3 Å². The lowest BCUT2D eigenvalue weighted by Gasteiger charge is -2.12. The molecule has 0 bridgehead atoms. The number of amides is 1. The van der Waals surface area contributed by atoms with Gasteiger partial charge < -0.3 is 10.5 Å². The molecule has 0 aliphatic heterocycles. The molecule has 0 aromatic heterocycles. The van der Waals surface area contributed by atoms with E-state index >= 15 is 0 Å². The zero-order chi connectivity index (χ0) is 14.6. The second-order valence-electron chi connectivity index (χ2n) is 3.90. The van der Waals surface area contributed by atoms with Crippen molar-refractivity contribution in [2.45, 2.75) is 20.0 Å². The van der Waals surface area contributed by atoms with Crippen molar-refractivity contribution in [1.82, 2.24) is 4.72 Å². The number of nitrogen functional groups attached to an aromatic ring is 1. The molecular formula is C10H14BrN3O4S. The van der Waals surface area contributed by atoms with E-state index in [2.05, 4.69) is 25.4 Å². The summed E-state index contributed by atoms with van der Waals surface area (Å²) in [5.41, 5.74) is 6.21. The molecule has 4 N–H and O–H groups in total. The molecule has 0 saturated carbocycles. The zero-order valence-corrected chi connectivity index (χ0v) is 12.7. The Morgan fingerprint density at radius 2 is 2.05 bits per heavy atom. The molecule has 0 saturated heterocycles. The fourth-order valence-corrected chi connectivity index (χ4v) is 2.14. The van der Waals surface area contributed by atoms with Gasteiger partial charge in [0.2, 0.25) is 0 Å². The lowest BCUT2D eigenvalue weighted by molar-refractivity contribution is 0.121. The van der Waals surface area contributed by atoms with Crippen LogP contribution in [0.5, 0.6) is 0 Å². The van der Waals surface area contributed by atoms with Crippen molar-refractivity contribution >= 4 is 43.6 Å². The lowest BCUT2D eigenvalue weighted by Crippen LogP contribution is -2.36. The van der Waals surface area contributed by atoms with Gasteiger partial charge in [-0.15, -0.1) is 0 Å². The molecular weight excluding hydrogens is 338 g/mol. The molecule has 0 radical (unpaired) electrons. The molecule has 0 aliphatic rings. The molecule has 19 heavy (non-hydrogen) atoms. The van der Waals surface area contributed by atoms with Gasteiger partial charge in [0.05, 0.1) is 11.8 Å². The third kappa shape index (κ3) is 5.35. The number of anilines is 2. The maximum absolute atomic E-state index is 11.6. The number of carbonyl (C=O) groups is 1. The predicted molar refractivity (Wildman–Crippen MR) is 75.8 cm³/mol. The van der Waals surface area contributed by atoms with E-state index in [1.54, 1.807) is 24.6 Å². The fourth-order valence-electron chi connectivity index (χ4n) is 1.14. The summed E-state index contributed by atoms with van der Waals surface area (Å²) in [6.07, 6.45) is -1.47. The summed E-state index contributed by atoms with van der Waals surface area (Å²) in [4.78, 5) is 11.2. The number of nitrogens with two attached hydrogens (primary N) is 1. The van der Waals surface area contributed by atoms with E-state index < -0.39 is 22.4 Å². The monoisotopic (exact) mass is 351 g/mol. The van der Waals surface area contributed by atoms with Crippen LogP contribution in [-0.4, -0.2) is 20.6 Å². The summed E-state index contributed by atoms with van der Waals surface area (Å²) in [6.45, 7) is 3.21. The fraction of sp³-hybridized carbons (Fsp3) is 0.300. The van der Waals surface area contributed by atoms with Gasteiger partial charge in [-0.2, -0.15) is 8.42 Å². The Morgan fingerprint density at radius 1 is 1.42 bits per heavy atom. The first-order chi connectivity index (χ1) is 8.69. The minimum atomic E-state index is -4.05. The van der Waals surface area contributed by atoms with Crippen LogP contribution in [0.25, 0.3) is 0 Å². The summed E-state index contributed by atoms with van der Waals surface area (Å²) >= 11 is 3.18. The van der Waals surface area contributed by atoms with E-state index in [4.69, 9.17) is 5.73 Å². The van der Waals surface area contributed by atoms with Crippen molar-refractivity contribution in [1.29, 1.82) is 0 Å². The molecule has 0 spiro atoms. The summed E-state index contributed by atoms with van der Waals surface area (Å²) in [7, 11) is -4.05. The van der Waals surface area contributed by atoms with Crippen LogP contribution in [0.4, 0.5) is 16.2 Å². The Bertz CT molecular complexity index is 574. The third-order valence-corrected chi connectivity index (χ3v) is 3.47. The van der Waals surface area contributed by atoms with Crippen LogP contribution in [0.1, 0.15) is 13.8 Å². The molecule has 106 valence electrons. The smallest absolute Gasteiger partial charge is 0.422 e. The molecule has 1 amide bonds. The first kappa shape index (κ1) is 15.6. The maximum atomic E-state index is 11.6. The first-order valence-corrected chi connectivity index (χ1v) is 7.53. The minimum absolute atomic E-state index is 0.227. The molecule has 1 aromatic rings. The van der Waals surface area contributed by atoms with E-state index in [0.717, 1.165) is 0 Å². The lowest BCUT2D eigenvalue weighted by atomic mass is 10.3. The highest BCUT2D eigenvalue weighted by Gasteiger charge is 2.16.